The monoisotopic (exact) mass is 441 g/mol. The summed E-state index contributed by atoms with van der Waals surface area (Å²) in [5.41, 5.74) is 2.02. The van der Waals surface area contributed by atoms with Crippen molar-refractivity contribution in [3.8, 4) is 5.75 Å². The minimum atomic E-state index is -0.0168. The summed E-state index contributed by atoms with van der Waals surface area (Å²) in [4.78, 5) is 17.6. The molecule has 5 nitrogen and oxygen atoms in total. The number of ether oxygens (including phenoxy) is 1. The number of hydrogen-bond acceptors (Lipinski definition) is 4. The number of hydrogen-bond donors (Lipinski definition) is 1. The molecule has 4 rings (SSSR count). The second-order valence-corrected chi connectivity index (χ2v) is 9.23. The van der Waals surface area contributed by atoms with E-state index in [1.165, 1.54) is 31.2 Å². The molecule has 2 aromatic carbocycles. The molecule has 2 fully saturated rings. The molecule has 0 radical (unpaired) electrons. The Kier molecular flexibility index (Phi) is 7.16. The second kappa shape index (κ2) is 10.0. The Balaban J connectivity index is 1.28. The molecular weight excluding hydrogens is 410 g/mol. The summed E-state index contributed by atoms with van der Waals surface area (Å²) in [5.74, 6) is 0.602. The Bertz CT molecular complexity index is 878. The Morgan fingerprint density at radius 1 is 1.16 bits per heavy atom. The smallest absolute Gasteiger partial charge is 0.225 e. The molecule has 3 atom stereocenters. The highest BCUT2D eigenvalue weighted by Gasteiger charge is 2.41. The van der Waals surface area contributed by atoms with Gasteiger partial charge in [0.2, 0.25) is 5.91 Å². The van der Waals surface area contributed by atoms with Gasteiger partial charge in [0, 0.05) is 42.7 Å². The maximum Gasteiger partial charge on any atom is 0.225 e. The standard InChI is InChI=1S/C25H32ClN3O2/c1-28(13-12-25(30)27-23-14-19(26)8-11-24(23)31-2)22-15-20-9-10-21(16-22)29(20)17-18-6-4-3-5-7-18/h3-8,11,14,20-22H,9-10,12-13,15-17H2,1-2H3,(H,27,30)/t20-,21+,22?. The summed E-state index contributed by atoms with van der Waals surface area (Å²) in [5, 5.41) is 3.52. The molecule has 0 spiro atoms. The summed E-state index contributed by atoms with van der Waals surface area (Å²) < 4.78 is 5.32. The van der Waals surface area contributed by atoms with Crippen LogP contribution in [0.2, 0.25) is 5.02 Å². The predicted octanol–water partition coefficient (Wildman–Crippen LogP) is 4.80. The molecule has 31 heavy (non-hydrogen) atoms. The number of carbonyl (C=O) groups excluding carboxylic acids is 1. The summed E-state index contributed by atoms with van der Waals surface area (Å²) in [7, 11) is 3.75. The van der Waals surface area contributed by atoms with Crippen molar-refractivity contribution in [1.29, 1.82) is 0 Å². The third kappa shape index (κ3) is 5.40. The van der Waals surface area contributed by atoms with E-state index in [0.29, 0.717) is 41.0 Å². The van der Waals surface area contributed by atoms with Gasteiger partial charge in [0.1, 0.15) is 5.75 Å². The zero-order valence-electron chi connectivity index (χ0n) is 18.4. The molecule has 2 heterocycles. The fourth-order valence-corrected chi connectivity index (χ4v) is 5.28. The molecule has 1 N–H and O–H groups in total. The van der Waals surface area contributed by atoms with E-state index in [1.54, 1.807) is 25.3 Å². The molecule has 1 amide bonds. The van der Waals surface area contributed by atoms with Gasteiger partial charge in [0.15, 0.2) is 0 Å². The van der Waals surface area contributed by atoms with Crippen LogP contribution in [-0.4, -0.2) is 54.5 Å². The van der Waals surface area contributed by atoms with Crippen molar-refractivity contribution in [3.05, 3.63) is 59.1 Å². The number of fused-ring (bicyclic) bond motifs is 2. The molecular formula is C25H32ClN3O2. The van der Waals surface area contributed by atoms with Crippen LogP contribution in [0, 0.1) is 0 Å². The van der Waals surface area contributed by atoms with Gasteiger partial charge in [-0.25, -0.2) is 0 Å². The Morgan fingerprint density at radius 2 is 1.87 bits per heavy atom. The van der Waals surface area contributed by atoms with Crippen LogP contribution in [0.25, 0.3) is 0 Å². The van der Waals surface area contributed by atoms with E-state index in [-0.39, 0.29) is 5.91 Å². The van der Waals surface area contributed by atoms with Gasteiger partial charge in [-0.15, -0.1) is 0 Å². The maximum absolute atomic E-state index is 12.5. The maximum atomic E-state index is 12.5. The summed E-state index contributed by atoms with van der Waals surface area (Å²) in [6.07, 6.45) is 5.40. The van der Waals surface area contributed by atoms with E-state index in [2.05, 4.69) is 52.5 Å². The molecule has 2 aliphatic heterocycles. The lowest BCUT2D eigenvalue weighted by Crippen LogP contribution is -2.49. The number of anilines is 1. The number of nitrogens with one attached hydrogen (secondary N) is 1. The van der Waals surface area contributed by atoms with Gasteiger partial charge in [0.25, 0.3) is 0 Å². The zero-order chi connectivity index (χ0) is 21.8. The van der Waals surface area contributed by atoms with Gasteiger partial charge >= 0.3 is 0 Å². The molecule has 6 heteroatoms. The van der Waals surface area contributed by atoms with E-state index in [0.717, 1.165) is 13.1 Å². The molecule has 1 unspecified atom stereocenters. The number of rotatable bonds is 8. The van der Waals surface area contributed by atoms with Crippen LogP contribution in [0.4, 0.5) is 5.69 Å². The van der Waals surface area contributed by atoms with Crippen molar-refractivity contribution in [2.45, 2.75) is 56.8 Å². The number of amides is 1. The first kappa shape index (κ1) is 22.1. The fourth-order valence-electron chi connectivity index (χ4n) is 5.11. The van der Waals surface area contributed by atoms with Crippen molar-refractivity contribution in [3.63, 3.8) is 0 Å². The molecule has 0 saturated carbocycles. The number of piperidine rings is 1. The van der Waals surface area contributed by atoms with Crippen LogP contribution in [0.15, 0.2) is 48.5 Å². The molecule has 2 aromatic rings. The first-order valence-corrected chi connectivity index (χ1v) is 11.5. The Labute approximate surface area is 190 Å². The molecule has 0 aromatic heterocycles. The molecule has 2 saturated heterocycles. The van der Waals surface area contributed by atoms with Crippen LogP contribution in [0.1, 0.15) is 37.7 Å². The minimum absolute atomic E-state index is 0.0168. The summed E-state index contributed by atoms with van der Waals surface area (Å²) in [6.45, 7) is 1.80. The lowest BCUT2D eigenvalue weighted by Gasteiger charge is -2.42. The number of carbonyl (C=O) groups is 1. The quantitative estimate of drug-likeness (QED) is 0.638. The van der Waals surface area contributed by atoms with Gasteiger partial charge in [-0.2, -0.15) is 0 Å². The number of methoxy groups -OCH3 is 1. The van der Waals surface area contributed by atoms with E-state index < -0.39 is 0 Å². The van der Waals surface area contributed by atoms with Crippen LogP contribution in [0.5, 0.6) is 5.75 Å². The van der Waals surface area contributed by atoms with Gasteiger partial charge in [0.05, 0.1) is 12.8 Å². The minimum Gasteiger partial charge on any atom is -0.495 e. The zero-order valence-corrected chi connectivity index (χ0v) is 19.1. The highest BCUT2D eigenvalue weighted by Crippen LogP contribution is 2.38. The first-order valence-electron chi connectivity index (χ1n) is 11.2. The summed E-state index contributed by atoms with van der Waals surface area (Å²) in [6, 6.07) is 17.9. The number of halogens is 1. The van der Waals surface area contributed by atoms with Gasteiger partial charge < -0.3 is 15.0 Å². The Morgan fingerprint density at radius 3 is 2.55 bits per heavy atom. The summed E-state index contributed by atoms with van der Waals surface area (Å²) >= 11 is 6.06. The molecule has 2 bridgehead atoms. The van der Waals surface area contributed by atoms with E-state index in [4.69, 9.17) is 16.3 Å². The average molecular weight is 442 g/mol. The third-order valence-corrected chi connectivity index (χ3v) is 7.05. The Hall–Kier alpha value is -2.08. The SMILES string of the molecule is COc1ccc(Cl)cc1NC(=O)CCN(C)C1C[C@H]2CC[C@@H](C1)N2Cc1ccccc1. The van der Waals surface area contributed by atoms with E-state index >= 15 is 0 Å². The van der Waals surface area contributed by atoms with Crippen LogP contribution < -0.4 is 10.1 Å². The highest BCUT2D eigenvalue weighted by atomic mass is 35.5. The molecule has 0 aliphatic carbocycles. The van der Waals surface area contributed by atoms with Crippen molar-refractivity contribution >= 4 is 23.2 Å². The van der Waals surface area contributed by atoms with E-state index in [1.807, 2.05) is 0 Å². The topological polar surface area (TPSA) is 44.8 Å². The van der Waals surface area contributed by atoms with Crippen molar-refractivity contribution in [2.24, 2.45) is 0 Å². The fraction of sp³-hybridized carbons (Fsp3) is 0.480. The van der Waals surface area contributed by atoms with Crippen LogP contribution >= 0.6 is 11.6 Å². The first-order chi connectivity index (χ1) is 15.0. The predicted molar refractivity (Wildman–Crippen MR) is 126 cm³/mol. The van der Waals surface area contributed by atoms with E-state index in [9.17, 15) is 4.79 Å². The average Bonchev–Trinajstić information content (AvgIpc) is 2.99. The van der Waals surface area contributed by atoms with Crippen molar-refractivity contribution in [2.75, 3.05) is 26.0 Å². The number of nitrogens with zero attached hydrogens (tertiary/aromatic N) is 2. The highest BCUT2D eigenvalue weighted by molar-refractivity contribution is 6.31. The number of benzene rings is 2. The van der Waals surface area contributed by atoms with Crippen LogP contribution in [0.3, 0.4) is 0 Å². The largest absolute Gasteiger partial charge is 0.495 e. The van der Waals surface area contributed by atoms with Crippen molar-refractivity contribution in [1.82, 2.24) is 9.80 Å². The van der Waals surface area contributed by atoms with Crippen LogP contribution in [-0.2, 0) is 11.3 Å². The normalized spacial score (nSPS) is 23.2. The second-order valence-electron chi connectivity index (χ2n) is 8.79. The third-order valence-electron chi connectivity index (χ3n) is 6.82. The lowest BCUT2D eigenvalue weighted by molar-refractivity contribution is -0.116. The van der Waals surface area contributed by atoms with Gasteiger partial charge in [-0.3, -0.25) is 9.69 Å². The van der Waals surface area contributed by atoms with Crippen molar-refractivity contribution < 1.29 is 9.53 Å². The lowest BCUT2D eigenvalue weighted by atomic mass is 9.95. The molecule has 2 aliphatic rings. The molecule has 166 valence electrons. The van der Waals surface area contributed by atoms with Gasteiger partial charge in [-0.1, -0.05) is 41.9 Å². The van der Waals surface area contributed by atoms with Gasteiger partial charge in [-0.05, 0) is 56.5 Å².